The fourth-order valence-corrected chi connectivity index (χ4v) is 6.01. The van der Waals surface area contributed by atoms with E-state index in [9.17, 15) is 26.7 Å². The number of ether oxygens (including phenoxy) is 1. The number of pyridine rings is 1. The van der Waals surface area contributed by atoms with Crippen molar-refractivity contribution in [1.82, 2.24) is 19.7 Å². The molecule has 1 atom stereocenters. The van der Waals surface area contributed by atoms with Gasteiger partial charge in [-0.15, -0.1) is 0 Å². The molecule has 14 heteroatoms. The molecule has 2 aliphatic rings. The quantitative estimate of drug-likeness (QED) is 0.192. The van der Waals surface area contributed by atoms with Crippen molar-refractivity contribution >= 4 is 29.1 Å². The second-order valence-electron chi connectivity index (χ2n) is 10.9. The van der Waals surface area contributed by atoms with Crippen molar-refractivity contribution in [2.24, 2.45) is 0 Å². The lowest BCUT2D eigenvalue weighted by atomic mass is 10.00. The molecule has 1 unspecified atom stereocenters. The first-order valence-electron chi connectivity index (χ1n) is 14.6. The van der Waals surface area contributed by atoms with Crippen LogP contribution in [0.1, 0.15) is 54.7 Å². The van der Waals surface area contributed by atoms with Gasteiger partial charge in [-0.2, -0.15) is 18.3 Å². The second kappa shape index (κ2) is 13.7. The zero-order chi connectivity index (χ0) is 31.4. The number of alkyl halides is 5. The van der Waals surface area contributed by atoms with E-state index in [1.54, 1.807) is 19.2 Å². The summed E-state index contributed by atoms with van der Waals surface area (Å²) in [6, 6.07) is 8.96. The van der Waals surface area contributed by atoms with Crippen molar-refractivity contribution < 1.29 is 31.5 Å². The Labute approximate surface area is 257 Å². The molecular formula is C30H34ClF5N6O2. The van der Waals surface area contributed by atoms with Crippen LogP contribution in [0.5, 0.6) is 0 Å². The lowest BCUT2D eigenvalue weighted by Crippen LogP contribution is -2.47. The predicted octanol–water partition coefficient (Wildman–Crippen LogP) is 6.63. The highest BCUT2D eigenvalue weighted by Crippen LogP contribution is 2.38. The van der Waals surface area contributed by atoms with Gasteiger partial charge in [0.1, 0.15) is 17.1 Å². The van der Waals surface area contributed by atoms with Gasteiger partial charge in [0.25, 0.3) is 6.43 Å². The second-order valence-corrected chi connectivity index (χ2v) is 11.3. The van der Waals surface area contributed by atoms with Crippen molar-refractivity contribution in [3.63, 3.8) is 0 Å². The summed E-state index contributed by atoms with van der Waals surface area (Å²) in [5, 5.41) is 4.71. The Hall–Kier alpha value is -3.45. The number of esters is 1. The van der Waals surface area contributed by atoms with E-state index in [-0.39, 0.29) is 18.7 Å². The largest absolute Gasteiger partial charge is 0.462 e. The molecular weight excluding hydrogens is 607 g/mol. The molecule has 2 fully saturated rings. The van der Waals surface area contributed by atoms with Crippen molar-refractivity contribution in [1.29, 1.82) is 0 Å². The van der Waals surface area contributed by atoms with Crippen LogP contribution >= 0.6 is 11.6 Å². The number of rotatable bonds is 9. The van der Waals surface area contributed by atoms with Crippen LogP contribution in [0.15, 0.2) is 42.7 Å². The summed E-state index contributed by atoms with van der Waals surface area (Å²) in [6.07, 6.45) is -3.65. The Morgan fingerprint density at radius 3 is 2.50 bits per heavy atom. The van der Waals surface area contributed by atoms with Crippen LogP contribution in [0.25, 0.3) is 11.1 Å². The SMILES string of the molecule is CCOC(=O)c1cnn(C2CCCN(c3cc(Cl)ccc3-c3ccc(N4CCN(CCC(F)(F)F)CC4)nc3)C2)c1C(F)F. The summed E-state index contributed by atoms with van der Waals surface area (Å²) >= 11 is 6.41. The third-order valence-electron chi connectivity index (χ3n) is 8.05. The number of nitrogens with zero attached hydrogens (tertiary/aromatic N) is 6. The zero-order valence-corrected chi connectivity index (χ0v) is 25.0. The molecule has 0 aliphatic carbocycles. The van der Waals surface area contributed by atoms with Crippen molar-refractivity contribution in [3.8, 4) is 11.1 Å². The first-order valence-corrected chi connectivity index (χ1v) is 15.0. The summed E-state index contributed by atoms with van der Waals surface area (Å²) < 4.78 is 72.3. The highest BCUT2D eigenvalue weighted by atomic mass is 35.5. The third kappa shape index (κ3) is 7.43. The number of carbonyl (C=O) groups is 1. The predicted molar refractivity (Wildman–Crippen MR) is 158 cm³/mol. The minimum Gasteiger partial charge on any atom is -0.462 e. The number of halogens is 6. The molecule has 238 valence electrons. The van der Waals surface area contributed by atoms with E-state index in [0.717, 1.165) is 28.8 Å². The van der Waals surface area contributed by atoms with Gasteiger partial charge in [0.05, 0.1) is 25.3 Å². The van der Waals surface area contributed by atoms with Crippen LogP contribution in [0.3, 0.4) is 0 Å². The topological polar surface area (TPSA) is 66.7 Å². The molecule has 5 rings (SSSR count). The van der Waals surface area contributed by atoms with Crippen LogP contribution in [0.2, 0.25) is 5.02 Å². The average Bonchev–Trinajstić information content (AvgIpc) is 3.46. The molecule has 3 aromatic rings. The molecule has 4 heterocycles. The van der Waals surface area contributed by atoms with Gasteiger partial charge in [0.2, 0.25) is 0 Å². The Morgan fingerprint density at radius 1 is 1.07 bits per heavy atom. The van der Waals surface area contributed by atoms with Gasteiger partial charge in [-0.3, -0.25) is 9.58 Å². The Kier molecular flexibility index (Phi) is 9.94. The summed E-state index contributed by atoms with van der Waals surface area (Å²) in [5.74, 6) is -0.0773. The molecule has 0 radical (unpaired) electrons. The molecule has 2 saturated heterocycles. The number of hydrogen-bond donors (Lipinski definition) is 0. The van der Waals surface area contributed by atoms with Crippen molar-refractivity contribution in [3.05, 3.63) is 59.0 Å². The molecule has 0 saturated carbocycles. The first kappa shape index (κ1) is 32.0. The van der Waals surface area contributed by atoms with Gasteiger partial charge < -0.3 is 14.5 Å². The minimum absolute atomic E-state index is 0.00316. The smallest absolute Gasteiger partial charge is 0.390 e. The monoisotopic (exact) mass is 640 g/mol. The Morgan fingerprint density at radius 2 is 1.84 bits per heavy atom. The summed E-state index contributed by atoms with van der Waals surface area (Å²) in [7, 11) is 0. The van der Waals surface area contributed by atoms with E-state index >= 15 is 0 Å². The summed E-state index contributed by atoms with van der Waals surface area (Å²) in [4.78, 5) is 22.9. The molecule has 0 N–H and O–H groups in total. The van der Waals surface area contributed by atoms with Crippen LogP contribution in [0, 0.1) is 0 Å². The fraction of sp³-hybridized carbons (Fsp3) is 0.500. The van der Waals surface area contributed by atoms with Crippen LogP contribution in [-0.4, -0.2) is 84.2 Å². The van der Waals surface area contributed by atoms with Gasteiger partial charge in [-0.1, -0.05) is 17.7 Å². The van der Waals surface area contributed by atoms with E-state index in [1.807, 2.05) is 29.2 Å². The number of aromatic nitrogens is 3. The van der Waals surface area contributed by atoms with Crippen LogP contribution < -0.4 is 9.80 Å². The van der Waals surface area contributed by atoms with Gasteiger partial charge >= 0.3 is 12.1 Å². The molecule has 8 nitrogen and oxygen atoms in total. The minimum atomic E-state index is -4.16. The van der Waals surface area contributed by atoms with E-state index in [2.05, 4.69) is 19.9 Å². The zero-order valence-electron chi connectivity index (χ0n) is 24.2. The normalized spacial score (nSPS) is 18.2. The van der Waals surface area contributed by atoms with E-state index in [1.165, 1.54) is 4.68 Å². The summed E-state index contributed by atoms with van der Waals surface area (Å²) in [5.41, 5.74) is 1.86. The molecule has 0 amide bonds. The summed E-state index contributed by atoms with van der Waals surface area (Å²) in [6.45, 7) is 4.95. The molecule has 0 spiro atoms. The number of benzene rings is 1. The van der Waals surface area contributed by atoms with Gasteiger partial charge in [0.15, 0.2) is 0 Å². The van der Waals surface area contributed by atoms with Crippen LogP contribution in [-0.2, 0) is 4.74 Å². The maximum atomic E-state index is 14.1. The highest BCUT2D eigenvalue weighted by Gasteiger charge is 2.32. The van der Waals surface area contributed by atoms with Crippen molar-refractivity contribution in [2.75, 3.05) is 62.2 Å². The first-order chi connectivity index (χ1) is 21.0. The number of hydrogen-bond acceptors (Lipinski definition) is 7. The Balaban J connectivity index is 1.32. The molecule has 2 aliphatic heterocycles. The number of anilines is 2. The molecule has 44 heavy (non-hydrogen) atoms. The number of carbonyl (C=O) groups excluding carboxylic acids is 1. The molecule has 1 aromatic carbocycles. The maximum Gasteiger partial charge on any atom is 0.390 e. The van der Waals surface area contributed by atoms with E-state index in [0.29, 0.717) is 57.1 Å². The standard InChI is InChI=1S/C30H34ClF5N6O2/c1-2-44-29(43)24-18-38-42(27(24)28(32)33)22-4-3-10-41(19-22)25-16-21(31)6-7-23(25)20-5-8-26(37-17-20)40-14-12-39(13-15-40)11-9-30(34,35)36/h5-8,16-18,22,28H,2-4,9-15,19H2,1H3. The molecule has 0 bridgehead atoms. The third-order valence-corrected chi connectivity index (χ3v) is 8.28. The maximum absolute atomic E-state index is 14.1. The number of piperidine rings is 1. The average molecular weight is 641 g/mol. The van der Waals surface area contributed by atoms with E-state index in [4.69, 9.17) is 16.3 Å². The number of piperazine rings is 1. The van der Waals surface area contributed by atoms with Crippen LogP contribution in [0.4, 0.5) is 33.5 Å². The van der Waals surface area contributed by atoms with Gasteiger partial charge in [-0.05, 0) is 44.0 Å². The lowest BCUT2D eigenvalue weighted by Gasteiger charge is -2.36. The lowest BCUT2D eigenvalue weighted by molar-refractivity contribution is -0.138. The molecule has 2 aromatic heterocycles. The van der Waals surface area contributed by atoms with E-state index < -0.39 is 36.7 Å². The van der Waals surface area contributed by atoms with Gasteiger partial charge in [-0.25, -0.2) is 18.6 Å². The Bertz CT molecular complexity index is 1430. The van der Waals surface area contributed by atoms with Gasteiger partial charge in [0, 0.05) is 73.8 Å². The highest BCUT2D eigenvalue weighted by molar-refractivity contribution is 6.31. The van der Waals surface area contributed by atoms with Crippen molar-refractivity contribution in [2.45, 2.75) is 44.8 Å². The fourth-order valence-electron chi connectivity index (χ4n) is 5.85.